The maximum absolute atomic E-state index is 13.4. The zero-order valence-corrected chi connectivity index (χ0v) is 25.2. The first kappa shape index (κ1) is 35.0. The molecular formula is C31H38F3N5O6. The summed E-state index contributed by atoms with van der Waals surface area (Å²) < 4.78 is 38.9. The topological polar surface area (TPSA) is 157 Å². The lowest BCUT2D eigenvalue weighted by Gasteiger charge is -2.27. The SMILES string of the molecule is CC(C)[C@H]1NC(=O)CN(C(=O)Cc2ccc(C(F)(F)F)cc2)CCNC(=O)[C@H]([C@@H](C)O)NC(=O)[C@H](Cc2ccccc2)NC1=O. The highest BCUT2D eigenvalue weighted by Crippen LogP contribution is 2.29. The van der Waals surface area contributed by atoms with Gasteiger partial charge in [0.15, 0.2) is 0 Å². The number of amides is 5. The zero-order valence-electron chi connectivity index (χ0n) is 25.2. The summed E-state index contributed by atoms with van der Waals surface area (Å²) in [5, 5.41) is 20.6. The Morgan fingerprint density at radius 2 is 1.51 bits per heavy atom. The fourth-order valence-corrected chi connectivity index (χ4v) is 4.72. The van der Waals surface area contributed by atoms with Gasteiger partial charge in [-0.05, 0) is 36.1 Å². The van der Waals surface area contributed by atoms with Crippen LogP contribution in [0.25, 0.3) is 0 Å². The van der Waals surface area contributed by atoms with Crippen molar-refractivity contribution in [2.75, 3.05) is 19.6 Å². The van der Waals surface area contributed by atoms with Gasteiger partial charge in [0.05, 0.1) is 24.6 Å². The molecule has 1 aliphatic rings. The molecule has 0 unspecified atom stereocenters. The largest absolute Gasteiger partial charge is 0.416 e. The highest BCUT2D eigenvalue weighted by molar-refractivity contribution is 5.95. The zero-order chi connectivity index (χ0) is 33.3. The first-order valence-corrected chi connectivity index (χ1v) is 14.5. The van der Waals surface area contributed by atoms with E-state index in [-0.39, 0.29) is 31.5 Å². The maximum atomic E-state index is 13.4. The Kier molecular flexibility index (Phi) is 12.1. The van der Waals surface area contributed by atoms with Gasteiger partial charge in [-0.15, -0.1) is 0 Å². The third-order valence-electron chi connectivity index (χ3n) is 7.25. The van der Waals surface area contributed by atoms with Gasteiger partial charge >= 0.3 is 6.18 Å². The number of hydrogen-bond acceptors (Lipinski definition) is 6. The standard InChI is InChI=1S/C31H38F3N5O6/c1-18(2)26-30(45)36-23(15-20-7-5-4-6-8-20)28(43)38-27(19(3)40)29(44)35-13-14-39(17-24(41)37-26)25(42)16-21-9-11-22(12-10-21)31(32,33)34/h4-12,18-19,23,26-27,40H,13-17H2,1-3H3,(H,35,44)(H,36,45)(H,37,41)(H,38,43)/t19-,23+,26-,27+/m1/s1. The summed E-state index contributed by atoms with van der Waals surface area (Å²) >= 11 is 0. The molecular weight excluding hydrogens is 595 g/mol. The first-order valence-electron chi connectivity index (χ1n) is 14.5. The number of carbonyl (C=O) groups excluding carboxylic acids is 5. The average molecular weight is 634 g/mol. The van der Waals surface area contributed by atoms with Crippen molar-refractivity contribution in [2.24, 2.45) is 5.92 Å². The summed E-state index contributed by atoms with van der Waals surface area (Å²) in [5.41, 5.74) is 0.106. The van der Waals surface area contributed by atoms with Crippen molar-refractivity contribution < 1.29 is 42.3 Å². The Balaban J connectivity index is 1.88. The van der Waals surface area contributed by atoms with Crippen LogP contribution in [0.1, 0.15) is 37.5 Å². The summed E-state index contributed by atoms with van der Waals surface area (Å²) in [6, 6.07) is 9.16. The van der Waals surface area contributed by atoms with Crippen molar-refractivity contribution >= 4 is 29.5 Å². The minimum absolute atomic E-state index is 0.0531. The second-order valence-electron chi connectivity index (χ2n) is 11.2. The minimum atomic E-state index is -4.55. The Morgan fingerprint density at radius 3 is 2.09 bits per heavy atom. The summed E-state index contributed by atoms with van der Waals surface area (Å²) in [6.07, 6.45) is -6.16. The second kappa shape index (κ2) is 15.5. The molecule has 5 N–H and O–H groups in total. The molecule has 0 aliphatic carbocycles. The van der Waals surface area contributed by atoms with Gasteiger partial charge in [-0.3, -0.25) is 24.0 Å². The van der Waals surface area contributed by atoms with E-state index >= 15 is 0 Å². The second-order valence-corrected chi connectivity index (χ2v) is 11.2. The van der Waals surface area contributed by atoms with Crippen LogP contribution >= 0.6 is 0 Å². The van der Waals surface area contributed by atoms with Crippen molar-refractivity contribution in [1.82, 2.24) is 26.2 Å². The van der Waals surface area contributed by atoms with E-state index in [2.05, 4.69) is 21.3 Å². The summed E-state index contributed by atoms with van der Waals surface area (Å²) in [6.45, 7) is 3.79. The van der Waals surface area contributed by atoms with Crippen LogP contribution in [-0.2, 0) is 43.0 Å². The summed E-state index contributed by atoms with van der Waals surface area (Å²) in [7, 11) is 0. The van der Waals surface area contributed by atoms with E-state index in [1.54, 1.807) is 44.2 Å². The number of nitrogens with one attached hydrogen (secondary N) is 4. The molecule has 14 heteroatoms. The molecule has 2 aromatic rings. The molecule has 0 spiro atoms. The molecule has 0 aromatic heterocycles. The molecule has 0 bridgehead atoms. The lowest BCUT2D eigenvalue weighted by Crippen LogP contribution is -2.60. The van der Waals surface area contributed by atoms with Gasteiger partial charge in [-0.2, -0.15) is 13.2 Å². The number of hydrogen-bond donors (Lipinski definition) is 5. The third kappa shape index (κ3) is 10.3. The number of halogens is 3. The quantitative estimate of drug-likeness (QED) is 0.319. The van der Waals surface area contributed by atoms with Crippen molar-refractivity contribution in [1.29, 1.82) is 0 Å². The van der Waals surface area contributed by atoms with Gasteiger partial charge < -0.3 is 31.3 Å². The normalized spacial score (nSPS) is 21.5. The number of nitrogens with zero attached hydrogens (tertiary/aromatic N) is 1. The summed E-state index contributed by atoms with van der Waals surface area (Å²) in [4.78, 5) is 67.3. The number of rotatable bonds is 6. The van der Waals surface area contributed by atoms with Crippen LogP contribution in [0.2, 0.25) is 0 Å². The number of aliphatic hydroxyl groups is 1. The molecule has 2 aromatic carbocycles. The van der Waals surface area contributed by atoms with E-state index in [9.17, 15) is 42.3 Å². The molecule has 0 saturated carbocycles. The van der Waals surface area contributed by atoms with Crippen molar-refractivity contribution in [3.05, 3.63) is 71.3 Å². The van der Waals surface area contributed by atoms with Gasteiger partial charge in [0.2, 0.25) is 29.5 Å². The smallest absolute Gasteiger partial charge is 0.391 e. The molecule has 45 heavy (non-hydrogen) atoms. The number of benzene rings is 2. The van der Waals surface area contributed by atoms with Crippen LogP contribution in [0.4, 0.5) is 13.2 Å². The van der Waals surface area contributed by atoms with Crippen LogP contribution in [0.15, 0.2) is 54.6 Å². The van der Waals surface area contributed by atoms with E-state index < -0.39 is 78.0 Å². The fraction of sp³-hybridized carbons (Fsp3) is 0.452. The molecule has 3 rings (SSSR count). The molecule has 1 heterocycles. The molecule has 11 nitrogen and oxygen atoms in total. The molecule has 0 radical (unpaired) electrons. The molecule has 5 amide bonds. The van der Waals surface area contributed by atoms with Gasteiger partial charge in [0.25, 0.3) is 0 Å². The van der Waals surface area contributed by atoms with E-state index in [1.807, 2.05) is 0 Å². The van der Waals surface area contributed by atoms with Crippen molar-refractivity contribution in [2.45, 2.75) is 64.0 Å². The number of carbonyl (C=O) groups is 5. The minimum Gasteiger partial charge on any atom is -0.391 e. The van der Waals surface area contributed by atoms with Crippen LogP contribution in [-0.4, -0.2) is 83.4 Å². The fourth-order valence-electron chi connectivity index (χ4n) is 4.72. The Morgan fingerprint density at radius 1 is 0.867 bits per heavy atom. The highest BCUT2D eigenvalue weighted by Gasteiger charge is 2.34. The third-order valence-corrected chi connectivity index (χ3v) is 7.25. The Hall–Kier alpha value is -4.46. The van der Waals surface area contributed by atoms with E-state index in [0.717, 1.165) is 29.2 Å². The maximum Gasteiger partial charge on any atom is 0.416 e. The molecule has 1 saturated heterocycles. The molecule has 1 fully saturated rings. The lowest BCUT2D eigenvalue weighted by molar-refractivity contribution is -0.137. The van der Waals surface area contributed by atoms with Gasteiger partial charge in [-0.1, -0.05) is 56.3 Å². The van der Waals surface area contributed by atoms with E-state index in [4.69, 9.17) is 0 Å². The predicted octanol–water partition coefficient (Wildman–Crippen LogP) is 0.940. The lowest BCUT2D eigenvalue weighted by atomic mass is 10.0. The molecule has 244 valence electrons. The van der Waals surface area contributed by atoms with E-state index in [0.29, 0.717) is 5.56 Å². The van der Waals surface area contributed by atoms with Gasteiger partial charge in [0, 0.05) is 19.5 Å². The van der Waals surface area contributed by atoms with Crippen LogP contribution in [0.3, 0.4) is 0 Å². The monoisotopic (exact) mass is 633 g/mol. The van der Waals surface area contributed by atoms with E-state index in [1.165, 1.54) is 6.92 Å². The van der Waals surface area contributed by atoms with Crippen molar-refractivity contribution in [3.63, 3.8) is 0 Å². The van der Waals surface area contributed by atoms with Crippen LogP contribution in [0.5, 0.6) is 0 Å². The highest BCUT2D eigenvalue weighted by atomic mass is 19.4. The Labute approximate surface area is 258 Å². The number of alkyl halides is 3. The first-order chi connectivity index (χ1) is 21.1. The molecule has 1 aliphatic heterocycles. The van der Waals surface area contributed by atoms with Crippen LogP contribution in [0, 0.1) is 5.92 Å². The average Bonchev–Trinajstić information content (AvgIpc) is 2.97. The van der Waals surface area contributed by atoms with Gasteiger partial charge in [0.1, 0.15) is 18.1 Å². The predicted molar refractivity (Wildman–Crippen MR) is 157 cm³/mol. The van der Waals surface area contributed by atoms with Crippen LogP contribution < -0.4 is 21.3 Å². The van der Waals surface area contributed by atoms with Crippen molar-refractivity contribution in [3.8, 4) is 0 Å². The number of aliphatic hydroxyl groups excluding tert-OH is 1. The van der Waals surface area contributed by atoms with Gasteiger partial charge in [-0.25, -0.2) is 0 Å². The molecule has 4 atom stereocenters. The Bertz CT molecular complexity index is 1350. The summed E-state index contributed by atoms with van der Waals surface area (Å²) in [5.74, 6) is -3.92.